The fourth-order valence-corrected chi connectivity index (χ4v) is 3.05. The zero-order chi connectivity index (χ0) is 18.0. The van der Waals surface area contributed by atoms with Crippen LogP contribution in [0.1, 0.15) is 10.4 Å². The first-order valence-corrected chi connectivity index (χ1v) is 8.07. The smallest absolute Gasteiger partial charge is 0.271 e. The first-order valence-electron chi connectivity index (χ1n) is 7.69. The average molecular weight is 364 g/mol. The topological polar surface area (TPSA) is 66.7 Å². The van der Waals surface area contributed by atoms with E-state index < -0.39 is 10.7 Å². The van der Waals surface area contributed by atoms with Gasteiger partial charge in [0.15, 0.2) is 0 Å². The Morgan fingerprint density at radius 3 is 2.48 bits per heavy atom. The van der Waals surface area contributed by atoms with Gasteiger partial charge in [-0.15, -0.1) is 0 Å². The highest BCUT2D eigenvalue weighted by atomic mass is 35.5. The van der Waals surface area contributed by atoms with E-state index in [4.69, 9.17) is 11.6 Å². The maximum absolute atomic E-state index is 13.1. The number of nitro benzene ring substituents is 1. The molecule has 6 nitrogen and oxygen atoms in total. The lowest BCUT2D eigenvalue weighted by molar-refractivity contribution is -0.384. The second kappa shape index (κ2) is 7.06. The monoisotopic (exact) mass is 363 g/mol. The minimum Gasteiger partial charge on any atom is -0.368 e. The molecule has 8 heteroatoms. The van der Waals surface area contributed by atoms with Gasteiger partial charge in [0.2, 0.25) is 0 Å². The van der Waals surface area contributed by atoms with Crippen molar-refractivity contribution in [2.24, 2.45) is 0 Å². The number of carbonyl (C=O) groups excluding carboxylic acids is 1. The Balaban J connectivity index is 1.68. The van der Waals surface area contributed by atoms with Crippen molar-refractivity contribution in [3.63, 3.8) is 0 Å². The number of anilines is 1. The molecule has 0 atom stereocenters. The van der Waals surface area contributed by atoms with E-state index in [2.05, 4.69) is 0 Å². The summed E-state index contributed by atoms with van der Waals surface area (Å²) in [5.41, 5.74) is 1.06. The van der Waals surface area contributed by atoms with Gasteiger partial charge in [-0.25, -0.2) is 4.39 Å². The van der Waals surface area contributed by atoms with Crippen LogP contribution in [0.2, 0.25) is 5.02 Å². The predicted molar refractivity (Wildman–Crippen MR) is 92.6 cm³/mol. The largest absolute Gasteiger partial charge is 0.368 e. The number of non-ortho nitro benzene ring substituents is 1. The number of nitro groups is 1. The molecule has 1 aliphatic heterocycles. The number of carbonyl (C=O) groups is 1. The van der Waals surface area contributed by atoms with Crippen molar-refractivity contribution in [2.45, 2.75) is 0 Å². The van der Waals surface area contributed by atoms with Crippen LogP contribution < -0.4 is 4.90 Å². The molecule has 2 aromatic carbocycles. The number of rotatable bonds is 3. The van der Waals surface area contributed by atoms with Crippen LogP contribution in [0, 0.1) is 15.9 Å². The lowest BCUT2D eigenvalue weighted by Gasteiger charge is -2.36. The molecule has 1 saturated heterocycles. The standard InChI is InChI=1S/C17H15ClFN3O3/c18-16-10-12(19)4-5-15(16)17(23)21-8-6-20(7-9-21)13-2-1-3-14(11-13)22(24)25/h1-5,10-11H,6-9H2. The summed E-state index contributed by atoms with van der Waals surface area (Å²) in [6.45, 7) is 2.00. The zero-order valence-electron chi connectivity index (χ0n) is 13.2. The number of benzene rings is 2. The zero-order valence-corrected chi connectivity index (χ0v) is 13.9. The summed E-state index contributed by atoms with van der Waals surface area (Å²) >= 11 is 5.95. The summed E-state index contributed by atoms with van der Waals surface area (Å²) in [5.74, 6) is -0.735. The molecule has 0 spiro atoms. The Morgan fingerprint density at radius 2 is 1.84 bits per heavy atom. The van der Waals surface area contributed by atoms with Crippen LogP contribution in [-0.2, 0) is 0 Å². The summed E-state index contributed by atoms with van der Waals surface area (Å²) in [6, 6.07) is 10.1. The number of hydrogen-bond acceptors (Lipinski definition) is 4. The molecule has 0 N–H and O–H groups in total. The van der Waals surface area contributed by atoms with E-state index in [1.165, 1.54) is 24.3 Å². The summed E-state index contributed by atoms with van der Waals surface area (Å²) in [7, 11) is 0. The maximum Gasteiger partial charge on any atom is 0.271 e. The highest BCUT2D eigenvalue weighted by molar-refractivity contribution is 6.33. The summed E-state index contributed by atoms with van der Waals surface area (Å²) in [5, 5.41) is 11.0. The quantitative estimate of drug-likeness (QED) is 0.619. The Labute approximate surface area is 148 Å². The number of amides is 1. The van der Waals surface area contributed by atoms with E-state index in [0.29, 0.717) is 26.2 Å². The third-order valence-electron chi connectivity index (χ3n) is 4.13. The van der Waals surface area contributed by atoms with Crippen molar-refractivity contribution in [1.29, 1.82) is 0 Å². The van der Waals surface area contributed by atoms with E-state index >= 15 is 0 Å². The van der Waals surface area contributed by atoms with Crippen molar-refractivity contribution in [3.8, 4) is 0 Å². The van der Waals surface area contributed by atoms with Crippen molar-refractivity contribution < 1.29 is 14.1 Å². The molecule has 0 unspecified atom stereocenters. The molecular formula is C17H15ClFN3O3. The second-order valence-corrected chi connectivity index (χ2v) is 6.09. The van der Waals surface area contributed by atoms with Gasteiger partial charge < -0.3 is 9.80 Å². The first kappa shape index (κ1) is 17.2. The van der Waals surface area contributed by atoms with Crippen molar-refractivity contribution in [2.75, 3.05) is 31.1 Å². The summed E-state index contributed by atoms with van der Waals surface area (Å²) in [6.07, 6.45) is 0. The minimum absolute atomic E-state index is 0.0362. The molecule has 0 aromatic heterocycles. The van der Waals surface area contributed by atoms with E-state index in [1.807, 2.05) is 4.90 Å². The molecule has 0 aliphatic carbocycles. The minimum atomic E-state index is -0.489. The van der Waals surface area contributed by atoms with Crippen molar-refractivity contribution >= 4 is 28.9 Å². The number of nitrogens with zero attached hydrogens (tertiary/aromatic N) is 3. The predicted octanol–water partition coefficient (Wildman–Crippen LogP) is 3.35. The highest BCUT2D eigenvalue weighted by Crippen LogP contribution is 2.24. The van der Waals surface area contributed by atoms with Crippen LogP contribution in [0.4, 0.5) is 15.8 Å². The lowest BCUT2D eigenvalue weighted by Crippen LogP contribution is -2.48. The van der Waals surface area contributed by atoms with Crippen LogP contribution >= 0.6 is 11.6 Å². The Bertz CT molecular complexity index is 823. The maximum atomic E-state index is 13.1. The van der Waals surface area contributed by atoms with Crippen LogP contribution in [0.5, 0.6) is 0 Å². The van der Waals surface area contributed by atoms with Gasteiger partial charge in [-0.2, -0.15) is 0 Å². The Kier molecular flexibility index (Phi) is 4.85. The van der Waals surface area contributed by atoms with Crippen LogP contribution in [0.25, 0.3) is 0 Å². The van der Waals surface area contributed by atoms with Crippen LogP contribution in [0.15, 0.2) is 42.5 Å². The van der Waals surface area contributed by atoms with E-state index in [1.54, 1.807) is 17.0 Å². The summed E-state index contributed by atoms with van der Waals surface area (Å²) in [4.78, 5) is 26.6. The van der Waals surface area contributed by atoms with Gasteiger partial charge in [0.25, 0.3) is 11.6 Å². The van der Waals surface area contributed by atoms with Crippen molar-refractivity contribution in [3.05, 3.63) is 69.0 Å². The lowest BCUT2D eigenvalue weighted by atomic mass is 10.1. The molecule has 0 saturated carbocycles. The van der Waals surface area contributed by atoms with Crippen molar-refractivity contribution in [1.82, 2.24) is 4.90 Å². The van der Waals surface area contributed by atoms with E-state index in [0.717, 1.165) is 11.8 Å². The number of hydrogen-bond donors (Lipinski definition) is 0. The number of halogens is 2. The molecule has 0 bridgehead atoms. The normalized spacial score (nSPS) is 14.5. The molecule has 25 heavy (non-hydrogen) atoms. The molecule has 1 heterocycles. The van der Waals surface area contributed by atoms with Gasteiger partial charge in [-0.3, -0.25) is 14.9 Å². The molecule has 1 fully saturated rings. The molecule has 3 rings (SSSR count). The average Bonchev–Trinajstić information content (AvgIpc) is 2.61. The van der Waals surface area contributed by atoms with Gasteiger partial charge in [-0.1, -0.05) is 17.7 Å². The molecule has 1 amide bonds. The fraction of sp³-hybridized carbons (Fsp3) is 0.235. The molecular weight excluding hydrogens is 349 g/mol. The fourth-order valence-electron chi connectivity index (χ4n) is 2.80. The summed E-state index contributed by atoms with van der Waals surface area (Å²) < 4.78 is 13.1. The van der Waals surface area contributed by atoms with Crippen LogP contribution in [-0.4, -0.2) is 41.9 Å². The molecule has 2 aromatic rings. The first-order chi connectivity index (χ1) is 12.0. The van der Waals surface area contributed by atoms with Gasteiger partial charge in [0.05, 0.1) is 15.5 Å². The third kappa shape index (κ3) is 3.71. The van der Waals surface area contributed by atoms with E-state index in [-0.39, 0.29) is 22.2 Å². The SMILES string of the molecule is O=C(c1ccc(F)cc1Cl)N1CCN(c2cccc([N+](=O)[O-])c2)CC1. The van der Waals surface area contributed by atoms with Crippen LogP contribution in [0.3, 0.4) is 0 Å². The molecule has 1 aliphatic rings. The molecule has 130 valence electrons. The Hall–Kier alpha value is -2.67. The van der Waals surface area contributed by atoms with Gasteiger partial charge in [0, 0.05) is 44.0 Å². The Morgan fingerprint density at radius 1 is 1.12 bits per heavy atom. The second-order valence-electron chi connectivity index (χ2n) is 5.68. The third-order valence-corrected chi connectivity index (χ3v) is 4.45. The van der Waals surface area contributed by atoms with E-state index in [9.17, 15) is 19.3 Å². The van der Waals surface area contributed by atoms with Gasteiger partial charge in [0.1, 0.15) is 5.82 Å². The van der Waals surface area contributed by atoms with Gasteiger partial charge in [-0.05, 0) is 24.3 Å². The van der Waals surface area contributed by atoms with Gasteiger partial charge >= 0.3 is 0 Å². The number of piperazine rings is 1. The molecule has 0 radical (unpaired) electrons. The highest BCUT2D eigenvalue weighted by Gasteiger charge is 2.24.